The van der Waals surface area contributed by atoms with Crippen LogP contribution in [0.1, 0.15) is 11.4 Å². The van der Waals surface area contributed by atoms with Crippen LogP contribution in [0.3, 0.4) is 0 Å². The number of hydrogen-bond acceptors (Lipinski definition) is 4. The van der Waals surface area contributed by atoms with Crippen LogP contribution >= 0.6 is 0 Å². The van der Waals surface area contributed by atoms with Crippen molar-refractivity contribution >= 4 is 28.2 Å². The number of fused-ring (bicyclic) bond motifs is 1. The number of nitrogens with two attached hydrogens (primary N) is 1. The van der Waals surface area contributed by atoms with Gasteiger partial charge in [0.15, 0.2) is 5.52 Å². The van der Waals surface area contributed by atoms with Crippen molar-refractivity contribution in [2.45, 2.75) is 13.1 Å². The average molecular weight is 385 g/mol. The highest BCUT2D eigenvalue weighted by Gasteiger charge is 2.30. The molecule has 4 N–H and O–H groups in total. The van der Waals surface area contributed by atoms with Gasteiger partial charge >= 0.3 is 6.18 Å². The molecular weight excluding hydrogens is 369 g/mol. The molecule has 0 fully saturated rings. The number of nitrogens with zero attached hydrogens (tertiary/aromatic N) is 3. The Morgan fingerprint density at radius 3 is 2.54 bits per heavy atom. The number of hydrogen-bond donors (Lipinski definition) is 3. The molecule has 0 aliphatic rings. The Kier molecular flexibility index (Phi) is 4.14. The number of alkyl halides is 3. The van der Waals surface area contributed by atoms with Crippen molar-refractivity contribution in [1.82, 2.24) is 15.0 Å². The van der Waals surface area contributed by atoms with Crippen molar-refractivity contribution in [2.75, 3.05) is 11.1 Å². The molecule has 9 heteroatoms. The normalized spacial score (nSPS) is 11.7. The lowest BCUT2D eigenvalue weighted by atomic mass is 10.2. The Labute approximate surface area is 157 Å². The van der Waals surface area contributed by atoms with Crippen molar-refractivity contribution in [3.05, 3.63) is 66.2 Å². The molecular formula is C19H16F3N6+. The fraction of sp³-hybridized carbons (Fsp3) is 0.105. The summed E-state index contributed by atoms with van der Waals surface area (Å²) >= 11 is 0. The Balaban J connectivity index is 1.68. The zero-order valence-corrected chi connectivity index (χ0v) is 14.7. The topological polar surface area (TPSA) is 83.5 Å². The van der Waals surface area contributed by atoms with Crippen LogP contribution in [0.2, 0.25) is 0 Å². The third-order valence-electron chi connectivity index (χ3n) is 4.29. The summed E-state index contributed by atoms with van der Waals surface area (Å²) in [6.07, 6.45) is -1.27. The highest BCUT2D eigenvalue weighted by molar-refractivity contribution is 5.84. The summed E-state index contributed by atoms with van der Waals surface area (Å²) in [5.41, 5.74) is 8.04. The van der Waals surface area contributed by atoms with E-state index in [1.54, 1.807) is 12.3 Å². The number of aryl methyl sites for hydroxylation is 1. The van der Waals surface area contributed by atoms with E-state index in [1.165, 1.54) is 18.3 Å². The van der Waals surface area contributed by atoms with Gasteiger partial charge in [-0.2, -0.15) is 17.7 Å². The number of nitrogens with one attached hydrogen (secondary N) is 2. The number of aromatic nitrogens is 4. The van der Waals surface area contributed by atoms with E-state index in [0.29, 0.717) is 23.0 Å². The number of H-pyrrole nitrogens is 1. The second-order valence-corrected chi connectivity index (χ2v) is 6.25. The van der Waals surface area contributed by atoms with E-state index < -0.39 is 11.7 Å². The van der Waals surface area contributed by atoms with Gasteiger partial charge in [-0.25, -0.2) is 0 Å². The zero-order chi connectivity index (χ0) is 19.9. The van der Waals surface area contributed by atoms with Crippen LogP contribution in [0.25, 0.3) is 16.9 Å². The Morgan fingerprint density at radius 1 is 1.07 bits per heavy atom. The van der Waals surface area contributed by atoms with Gasteiger partial charge in [0.25, 0.3) is 5.82 Å². The van der Waals surface area contributed by atoms with Crippen LogP contribution in [0.4, 0.5) is 30.4 Å². The standard InChI is InChI=1S/C19H15F3N6/c1-11-25-18-14(23)3-2-4-15(18)28(11)17-10-24-9-16(27-17)26-13-7-5-12(6-8-13)19(20,21)22/h2-10H,23H2,1H3,(H,26,27)/p+1. The highest BCUT2D eigenvalue weighted by Crippen LogP contribution is 2.30. The molecule has 28 heavy (non-hydrogen) atoms. The summed E-state index contributed by atoms with van der Waals surface area (Å²) in [5, 5.41) is 2.97. The van der Waals surface area contributed by atoms with Gasteiger partial charge in [0.2, 0.25) is 11.6 Å². The minimum Gasteiger partial charge on any atom is -0.396 e. The molecule has 2 aromatic heterocycles. The maximum Gasteiger partial charge on any atom is 0.416 e. The van der Waals surface area contributed by atoms with E-state index in [0.717, 1.165) is 29.0 Å². The van der Waals surface area contributed by atoms with Crippen LogP contribution in [-0.2, 0) is 6.18 Å². The SMILES string of the molecule is Cc1[nH]c2c(N)cccc2[n+]1-c1cncc(Nc2ccc(C(F)(F)F)cc2)n1. The summed E-state index contributed by atoms with van der Waals surface area (Å²) in [7, 11) is 0. The molecule has 0 bridgehead atoms. The predicted octanol–water partition coefficient (Wildman–Crippen LogP) is 3.89. The van der Waals surface area contributed by atoms with Gasteiger partial charge in [0.1, 0.15) is 11.7 Å². The van der Waals surface area contributed by atoms with Gasteiger partial charge in [-0.1, -0.05) is 11.1 Å². The predicted molar refractivity (Wildman–Crippen MR) is 99.3 cm³/mol. The minimum atomic E-state index is -4.37. The molecule has 0 saturated carbocycles. The van der Waals surface area contributed by atoms with Gasteiger partial charge in [0.05, 0.1) is 17.4 Å². The molecule has 0 atom stereocenters. The minimum absolute atomic E-state index is 0.405. The van der Waals surface area contributed by atoms with Crippen molar-refractivity contribution in [3.8, 4) is 5.82 Å². The maximum absolute atomic E-state index is 12.7. The Bertz CT molecular complexity index is 1150. The molecule has 4 rings (SSSR count). The summed E-state index contributed by atoms with van der Waals surface area (Å²) in [6.45, 7) is 1.89. The van der Waals surface area contributed by atoms with Crippen LogP contribution in [0.5, 0.6) is 0 Å². The molecule has 0 saturated heterocycles. The third-order valence-corrected chi connectivity index (χ3v) is 4.29. The van der Waals surface area contributed by atoms with Gasteiger partial charge < -0.3 is 11.1 Å². The molecule has 6 nitrogen and oxygen atoms in total. The van der Waals surface area contributed by atoms with E-state index in [1.807, 2.05) is 23.6 Å². The smallest absolute Gasteiger partial charge is 0.396 e. The molecule has 2 aromatic carbocycles. The van der Waals surface area contributed by atoms with Crippen molar-refractivity contribution in [2.24, 2.45) is 0 Å². The third kappa shape index (κ3) is 3.22. The number of imidazole rings is 1. The van der Waals surface area contributed by atoms with Crippen molar-refractivity contribution < 1.29 is 17.7 Å². The number of aromatic amines is 1. The summed E-state index contributed by atoms with van der Waals surface area (Å²) < 4.78 is 40.0. The molecule has 0 amide bonds. The number of rotatable bonds is 3. The molecule has 0 aliphatic heterocycles. The molecule has 4 aromatic rings. The number of nitrogen functional groups attached to an aromatic ring is 1. The Morgan fingerprint density at radius 2 is 1.82 bits per heavy atom. The molecule has 0 aliphatic carbocycles. The van der Waals surface area contributed by atoms with Crippen LogP contribution in [0.15, 0.2) is 54.9 Å². The molecule has 2 heterocycles. The van der Waals surface area contributed by atoms with Crippen LogP contribution < -0.4 is 15.6 Å². The molecule has 0 radical (unpaired) electrons. The summed E-state index contributed by atoms with van der Waals surface area (Å²) in [5.74, 6) is 1.77. The van der Waals surface area contributed by atoms with Gasteiger partial charge in [-0.15, -0.1) is 0 Å². The number of benzene rings is 2. The van der Waals surface area contributed by atoms with Gasteiger partial charge in [0, 0.05) is 12.6 Å². The van der Waals surface area contributed by atoms with E-state index in [9.17, 15) is 13.2 Å². The first-order valence-electron chi connectivity index (χ1n) is 8.38. The molecule has 0 unspecified atom stereocenters. The molecule has 142 valence electrons. The van der Waals surface area contributed by atoms with E-state index in [4.69, 9.17) is 5.73 Å². The highest BCUT2D eigenvalue weighted by atomic mass is 19.4. The van der Waals surface area contributed by atoms with Crippen LogP contribution in [-0.4, -0.2) is 15.0 Å². The Hall–Kier alpha value is -3.62. The second-order valence-electron chi connectivity index (χ2n) is 6.25. The lowest BCUT2D eigenvalue weighted by Crippen LogP contribution is -2.34. The second kappa shape index (κ2) is 6.52. The number of para-hydroxylation sites is 1. The lowest BCUT2D eigenvalue weighted by molar-refractivity contribution is -0.578. The number of anilines is 3. The average Bonchev–Trinajstić information content (AvgIpc) is 2.99. The number of halogens is 3. The zero-order valence-electron chi connectivity index (χ0n) is 14.7. The largest absolute Gasteiger partial charge is 0.416 e. The van der Waals surface area contributed by atoms with E-state index in [-0.39, 0.29) is 0 Å². The first-order valence-corrected chi connectivity index (χ1v) is 8.38. The lowest BCUT2D eigenvalue weighted by Gasteiger charge is -2.08. The van der Waals surface area contributed by atoms with Gasteiger partial charge in [-0.3, -0.25) is 9.97 Å². The van der Waals surface area contributed by atoms with Crippen molar-refractivity contribution in [3.63, 3.8) is 0 Å². The van der Waals surface area contributed by atoms with Crippen molar-refractivity contribution in [1.29, 1.82) is 0 Å². The summed E-state index contributed by atoms with van der Waals surface area (Å²) in [4.78, 5) is 11.9. The maximum atomic E-state index is 12.7. The summed E-state index contributed by atoms with van der Waals surface area (Å²) in [6, 6.07) is 10.3. The van der Waals surface area contributed by atoms with E-state index >= 15 is 0 Å². The fourth-order valence-corrected chi connectivity index (χ4v) is 3.01. The fourth-order valence-electron chi connectivity index (χ4n) is 3.01. The molecule has 0 spiro atoms. The monoisotopic (exact) mass is 385 g/mol. The quantitative estimate of drug-likeness (QED) is 0.369. The van der Waals surface area contributed by atoms with Crippen LogP contribution in [0, 0.1) is 6.92 Å². The first kappa shape index (κ1) is 17.8. The van der Waals surface area contributed by atoms with Gasteiger partial charge in [-0.05, 0) is 36.4 Å². The first-order chi connectivity index (χ1) is 13.3. The van der Waals surface area contributed by atoms with E-state index in [2.05, 4.69) is 20.3 Å².